The van der Waals surface area contributed by atoms with Gasteiger partial charge in [0.05, 0.1) is 25.9 Å². The van der Waals surface area contributed by atoms with Crippen molar-refractivity contribution in [1.29, 1.82) is 0 Å². The zero-order valence-corrected chi connectivity index (χ0v) is 19.4. The third-order valence-corrected chi connectivity index (χ3v) is 4.76. The van der Waals surface area contributed by atoms with Gasteiger partial charge in [-0.2, -0.15) is 0 Å². The van der Waals surface area contributed by atoms with Crippen LogP contribution in [0.15, 0.2) is 30.3 Å². The summed E-state index contributed by atoms with van der Waals surface area (Å²) in [6.07, 6.45) is 1.52. The minimum atomic E-state index is -1.07. The highest BCUT2D eigenvalue weighted by atomic mass is 16.6. The van der Waals surface area contributed by atoms with Gasteiger partial charge in [0.25, 0.3) is 0 Å². The smallest absolute Gasteiger partial charge is 0.308 e. The highest BCUT2D eigenvalue weighted by molar-refractivity contribution is 5.92. The third kappa shape index (κ3) is 9.08. The molecule has 1 fully saturated rings. The summed E-state index contributed by atoms with van der Waals surface area (Å²) in [5, 5.41) is 2.71. The van der Waals surface area contributed by atoms with Crippen LogP contribution in [0.4, 0.5) is 0 Å². The highest BCUT2D eigenvalue weighted by Gasteiger charge is 2.38. The maximum atomic E-state index is 13.3. The fourth-order valence-electron chi connectivity index (χ4n) is 3.28. The fourth-order valence-corrected chi connectivity index (χ4v) is 3.28. The van der Waals surface area contributed by atoms with E-state index in [2.05, 4.69) is 5.32 Å². The molecule has 1 atom stereocenters. The van der Waals surface area contributed by atoms with Crippen molar-refractivity contribution in [2.45, 2.75) is 77.5 Å². The Balaban J connectivity index is 2.11. The second-order valence-electron chi connectivity index (χ2n) is 8.89. The van der Waals surface area contributed by atoms with Crippen LogP contribution in [-0.4, -0.2) is 59.5 Å². The van der Waals surface area contributed by atoms with Gasteiger partial charge in [0.1, 0.15) is 11.6 Å². The number of amides is 2. The van der Waals surface area contributed by atoms with Gasteiger partial charge in [-0.25, -0.2) is 0 Å². The first-order chi connectivity index (χ1) is 15.1. The van der Waals surface area contributed by atoms with Gasteiger partial charge < -0.3 is 19.7 Å². The van der Waals surface area contributed by atoms with Gasteiger partial charge in [-0.15, -0.1) is 0 Å². The number of nitrogens with zero attached hydrogens (tertiary/aromatic N) is 1. The second-order valence-corrected chi connectivity index (χ2v) is 8.89. The molecule has 0 radical (unpaired) electrons. The van der Waals surface area contributed by atoms with Crippen LogP contribution in [0.3, 0.4) is 0 Å². The molecule has 0 spiro atoms. The van der Waals surface area contributed by atoms with Crippen molar-refractivity contribution in [2.24, 2.45) is 0 Å². The Hall–Kier alpha value is -2.90. The van der Waals surface area contributed by atoms with E-state index in [0.717, 1.165) is 18.4 Å². The number of carbonyl (C=O) groups excluding carboxylic acids is 4. The highest BCUT2D eigenvalue weighted by Crippen LogP contribution is 2.28. The van der Waals surface area contributed by atoms with Crippen molar-refractivity contribution in [1.82, 2.24) is 10.2 Å². The van der Waals surface area contributed by atoms with Crippen molar-refractivity contribution >= 4 is 23.8 Å². The maximum absolute atomic E-state index is 13.3. The van der Waals surface area contributed by atoms with Crippen LogP contribution in [0.1, 0.15) is 58.9 Å². The monoisotopic (exact) mass is 446 g/mol. The van der Waals surface area contributed by atoms with Gasteiger partial charge in [-0.1, -0.05) is 30.3 Å². The summed E-state index contributed by atoms with van der Waals surface area (Å²) in [4.78, 5) is 51.8. The van der Waals surface area contributed by atoms with Crippen molar-refractivity contribution in [3.8, 4) is 0 Å². The summed E-state index contributed by atoms with van der Waals surface area (Å²) in [6.45, 7) is 7.40. The Bertz CT molecular complexity index is 798. The summed E-state index contributed by atoms with van der Waals surface area (Å²) in [7, 11) is 0. The molecule has 1 aromatic carbocycles. The Labute approximate surface area is 189 Å². The van der Waals surface area contributed by atoms with Gasteiger partial charge in [0.15, 0.2) is 0 Å². The minimum absolute atomic E-state index is 0.00379. The first-order valence-corrected chi connectivity index (χ1v) is 11.1. The van der Waals surface area contributed by atoms with Crippen LogP contribution in [0.2, 0.25) is 0 Å². The fraction of sp³-hybridized carbons (Fsp3) is 0.583. The van der Waals surface area contributed by atoms with Crippen LogP contribution < -0.4 is 5.32 Å². The van der Waals surface area contributed by atoms with Gasteiger partial charge in [0, 0.05) is 12.6 Å². The number of hydrogen-bond donors (Lipinski definition) is 1. The van der Waals surface area contributed by atoms with E-state index >= 15 is 0 Å². The lowest BCUT2D eigenvalue weighted by Gasteiger charge is -2.28. The number of hydrogen-bond acceptors (Lipinski definition) is 6. The minimum Gasteiger partial charge on any atom is -0.466 e. The number of rotatable bonds is 11. The Kier molecular flexibility index (Phi) is 9.23. The quantitative estimate of drug-likeness (QED) is 0.524. The van der Waals surface area contributed by atoms with Crippen LogP contribution in [0.5, 0.6) is 0 Å². The maximum Gasteiger partial charge on any atom is 0.308 e. The molecular weight excluding hydrogens is 412 g/mol. The predicted octanol–water partition coefficient (Wildman–Crippen LogP) is 2.39. The van der Waals surface area contributed by atoms with Gasteiger partial charge >= 0.3 is 11.9 Å². The Morgan fingerprint density at radius 3 is 2.31 bits per heavy atom. The van der Waals surface area contributed by atoms with E-state index in [1.165, 1.54) is 0 Å². The topological polar surface area (TPSA) is 102 Å². The molecule has 1 aliphatic carbocycles. The number of carbonyl (C=O) groups is 4. The van der Waals surface area contributed by atoms with Crippen LogP contribution in [0, 0.1) is 0 Å². The van der Waals surface area contributed by atoms with Gasteiger partial charge in [-0.05, 0) is 46.1 Å². The lowest BCUT2D eigenvalue weighted by Crippen LogP contribution is -2.51. The van der Waals surface area contributed by atoms with Crippen molar-refractivity contribution in [2.75, 3.05) is 13.2 Å². The molecule has 0 heterocycles. The molecule has 0 saturated heterocycles. The number of esters is 2. The SMILES string of the molecule is CCOC(=O)CCN(C(=O)[C@H](CC(=O)OC(C)(C)C)NC(=O)Cc1ccccc1)C1CC1. The zero-order chi connectivity index (χ0) is 23.7. The third-order valence-electron chi connectivity index (χ3n) is 4.76. The number of nitrogens with one attached hydrogen (secondary N) is 1. The predicted molar refractivity (Wildman–Crippen MR) is 119 cm³/mol. The molecule has 1 N–H and O–H groups in total. The summed E-state index contributed by atoms with van der Waals surface area (Å²) in [6, 6.07) is 8.09. The van der Waals surface area contributed by atoms with E-state index in [1.54, 1.807) is 32.6 Å². The molecule has 176 valence electrons. The van der Waals surface area contributed by atoms with E-state index < -0.39 is 17.6 Å². The summed E-state index contributed by atoms with van der Waals surface area (Å²) in [5.74, 6) is -1.71. The molecular formula is C24H34N2O6. The molecule has 8 heteroatoms. The summed E-state index contributed by atoms with van der Waals surface area (Å²) < 4.78 is 10.3. The molecule has 0 aliphatic heterocycles. The molecule has 0 aromatic heterocycles. The lowest BCUT2D eigenvalue weighted by molar-refractivity contribution is -0.158. The van der Waals surface area contributed by atoms with E-state index in [0.29, 0.717) is 0 Å². The van der Waals surface area contributed by atoms with E-state index in [1.807, 2.05) is 30.3 Å². The van der Waals surface area contributed by atoms with Crippen LogP contribution in [-0.2, 0) is 35.1 Å². The largest absolute Gasteiger partial charge is 0.466 e. The Morgan fingerprint density at radius 2 is 1.75 bits per heavy atom. The van der Waals surface area contributed by atoms with Crippen molar-refractivity contribution in [3.63, 3.8) is 0 Å². The number of benzene rings is 1. The molecule has 0 bridgehead atoms. The van der Waals surface area contributed by atoms with E-state index in [-0.39, 0.29) is 56.2 Å². The molecule has 2 rings (SSSR count). The first kappa shape index (κ1) is 25.4. The van der Waals surface area contributed by atoms with Crippen LogP contribution >= 0.6 is 0 Å². The van der Waals surface area contributed by atoms with Crippen LogP contribution in [0.25, 0.3) is 0 Å². The molecule has 0 unspecified atom stereocenters. The molecule has 1 aliphatic rings. The molecule has 32 heavy (non-hydrogen) atoms. The number of ether oxygens (including phenoxy) is 2. The Morgan fingerprint density at radius 1 is 1.09 bits per heavy atom. The second kappa shape index (κ2) is 11.6. The zero-order valence-electron chi connectivity index (χ0n) is 19.4. The summed E-state index contributed by atoms with van der Waals surface area (Å²) >= 11 is 0. The first-order valence-electron chi connectivity index (χ1n) is 11.1. The average molecular weight is 447 g/mol. The summed E-state index contributed by atoms with van der Waals surface area (Å²) in [5.41, 5.74) is 0.0913. The van der Waals surface area contributed by atoms with E-state index in [4.69, 9.17) is 9.47 Å². The van der Waals surface area contributed by atoms with Gasteiger partial charge in [0.2, 0.25) is 11.8 Å². The average Bonchev–Trinajstić information content (AvgIpc) is 3.52. The molecule has 1 aromatic rings. The molecule has 8 nitrogen and oxygen atoms in total. The van der Waals surface area contributed by atoms with E-state index in [9.17, 15) is 19.2 Å². The lowest BCUT2D eigenvalue weighted by atomic mass is 10.1. The van der Waals surface area contributed by atoms with Crippen molar-refractivity contribution in [3.05, 3.63) is 35.9 Å². The molecule has 1 saturated carbocycles. The normalized spacial score (nSPS) is 14.2. The standard InChI is InChI=1S/C24H34N2O6/c1-5-31-21(28)13-14-26(18-11-12-18)23(30)19(16-22(29)32-24(2,3)4)25-20(27)15-17-9-7-6-8-10-17/h6-10,18-19H,5,11-16H2,1-4H3,(H,25,27)/t19-/m0/s1. The van der Waals surface area contributed by atoms with Crippen molar-refractivity contribution < 1.29 is 28.7 Å². The molecule has 2 amide bonds. The van der Waals surface area contributed by atoms with Gasteiger partial charge in [-0.3, -0.25) is 19.2 Å².